The molecule has 1 atom stereocenters. The van der Waals surface area contributed by atoms with Gasteiger partial charge in [-0.1, -0.05) is 26.7 Å². The van der Waals surface area contributed by atoms with Crippen molar-refractivity contribution in [2.45, 2.75) is 65.8 Å². The van der Waals surface area contributed by atoms with E-state index in [0.29, 0.717) is 5.92 Å². The Labute approximate surface area is 123 Å². The van der Waals surface area contributed by atoms with E-state index < -0.39 is 0 Å². The van der Waals surface area contributed by atoms with Gasteiger partial charge in [0.05, 0.1) is 7.11 Å². The zero-order chi connectivity index (χ0) is 15.1. The molecule has 0 aliphatic rings. The molecule has 0 bridgehead atoms. The lowest BCUT2D eigenvalue weighted by Crippen LogP contribution is -2.33. The van der Waals surface area contributed by atoms with Gasteiger partial charge in [-0.15, -0.1) is 0 Å². The van der Waals surface area contributed by atoms with Gasteiger partial charge in [-0.3, -0.25) is 4.98 Å². The van der Waals surface area contributed by atoms with Gasteiger partial charge in [0, 0.05) is 35.5 Å². The van der Waals surface area contributed by atoms with Gasteiger partial charge >= 0.3 is 0 Å². The molecule has 1 heterocycles. The van der Waals surface area contributed by atoms with E-state index in [4.69, 9.17) is 10.5 Å². The molecule has 0 saturated carbocycles. The van der Waals surface area contributed by atoms with E-state index >= 15 is 0 Å². The molecular weight excluding hydrogens is 248 g/mol. The molecule has 0 aromatic carbocycles. The quantitative estimate of drug-likeness (QED) is 0.787. The van der Waals surface area contributed by atoms with Gasteiger partial charge in [-0.05, 0) is 32.6 Å². The molecule has 0 radical (unpaired) electrons. The van der Waals surface area contributed by atoms with Gasteiger partial charge in [0.1, 0.15) is 5.75 Å². The number of nitrogens with two attached hydrogens (primary N) is 1. The molecule has 1 unspecified atom stereocenters. The van der Waals surface area contributed by atoms with Crippen molar-refractivity contribution in [3.8, 4) is 5.75 Å². The average molecular weight is 278 g/mol. The molecular formula is C17H30N2O. The Morgan fingerprint density at radius 1 is 1.20 bits per heavy atom. The Kier molecular flexibility index (Phi) is 7.00. The monoisotopic (exact) mass is 278 g/mol. The summed E-state index contributed by atoms with van der Waals surface area (Å²) in [7, 11) is 1.72. The minimum absolute atomic E-state index is 0.188. The van der Waals surface area contributed by atoms with E-state index in [0.717, 1.165) is 29.0 Å². The van der Waals surface area contributed by atoms with Crippen LogP contribution in [0.2, 0.25) is 0 Å². The Morgan fingerprint density at radius 2 is 1.80 bits per heavy atom. The molecule has 20 heavy (non-hydrogen) atoms. The zero-order valence-corrected chi connectivity index (χ0v) is 13.7. The molecule has 0 aliphatic carbocycles. The Balaban J connectivity index is 2.86. The summed E-state index contributed by atoms with van der Waals surface area (Å²) in [5, 5.41) is 0. The van der Waals surface area contributed by atoms with Gasteiger partial charge < -0.3 is 10.5 Å². The van der Waals surface area contributed by atoms with Crippen molar-refractivity contribution < 1.29 is 4.74 Å². The van der Waals surface area contributed by atoms with Gasteiger partial charge in [-0.25, -0.2) is 0 Å². The maximum Gasteiger partial charge on any atom is 0.128 e. The van der Waals surface area contributed by atoms with Gasteiger partial charge in [0.2, 0.25) is 0 Å². The fourth-order valence-corrected chi connectivity index (χ4v) is 2.98. The van der Waals surface area contributed by atoms with Crippen LogP contribution in [0.25, 0.3) is 0 Å². The lowest BCUT2D eigenvalue weighted by atomic mass is 9.87. The van der Waals surface area contributed by atoms with Crippen LogP contribution >= 0.6 is 0 Å². The fraction of sp³-hybridized carbons (Fsp3) is 0.706. The Morgan fingerprint density at radius 3 is 2.30 bits per heavy atom. The van der Waals surface area contributed by atoms with E-state index in [-0.39, 0.29) is 6.04 Å². The molecule has 0 amide bonds. The van der Waals surface area contributed by atoms with E-state index in [1.165, 1.54) is 25.7 Å². The Bertz CT molecular complexity index is 412. The molecule has 1 rings (SSSR count). The SMILES string of the molecule is CCCC(CCC)C(N)Cc1ncc(C)c(OC)c1C. The van der Waals surface area contributed by atoms with Gasteiger partial charge in [0.15, 0.2) is 0 Å². The number of aryl methyl sites for hydroxylation is 1. The first-order valence-corrected chi connectivity index (χ1v) is 7.79. The molecule has 114 valence electrons. The summed E-state index contributed by atoms with van der Waals surface area (Å²) in [5.41, 5.74) is 9.74. The van der Waals surface area contributed by atoms with Crippen molar-refractivity contribution in [3.05, 3.63) is 23.0 Å². The average Bonchev–Trinajstić information content (AvgIpc) is 2.42. The second kappa shape index (κ2) is 8.25. The van der Waals surface area contributed by atoms with E-state index in [1.807, 2.05) is 13.1 Å². The van der Waals surface area contributed by atoms with Crippen LogP contribution in [0.15, 0.2) is 6.20 Å². The highest BCUT2D eigenvalue weighted by molar-refractivity contribution is 5.41. The summed E-state index contributed by atoms with van der Waals surface area (Å²) in [6.07, 6.45) is 7.54. The number of rotatable bonds is 8. The van der Waals surface area contributed by atoms with Crippen LogP contribution in [0.4, 0.5) is 0 Å². The van der Waals surface area contributed by atoms with Crippen molar-refractivity contribution >= 4 is 0 Å². The van der Waals surface area contributed by atoms with E-state index in [9.17, 15) is 0 Å². The van der Waals surface area contributed by atoms with Crippen LogP contribution in [0.5, 0.6) is 5.75 Å². The van der Waals surface area contributed by atoms with Gasteiger partial charge in [0.25, 0.3) is 0 Å². The van der Waals surface area contributed by atoms with Crippen LogP contribution in [-0.2, 0) is 6.42 Å². The van der Waals surface area contributed by atoms with Crippen LogP contribution in [0, 0.1) is 19.8 Å². The predicted octanol–water partition coefficient (Wildman–Crippen LogP) is 3.79. The number of methoxy groups -OCH3 is 1. The summed E-state index contributed by atoms with van der Waals surface area (Å²) < 4.78 is 5.47. The molecule has 3 nitrogen and oxygen atoms in total. The van der Waals surface area contributed by atoms with E-state index in [1.54, 1.807) is 7.11 Å². The third-order valence-electron chi connectivity index (χ3n) is 4.10. The number of aromatic nitrogens is 1. The maximum atomic E-state index is 6.44. The number of hydrogen-bond donors (Lipinski definition) is 1. The molecule has 1 aromatic heterocycles. The summed E-state index contributed by atoms with van der Waals surface area (Å²) in [4.78, 5) is 4.57. The fourth-order valence-electron chi connectivity index (χ4n) is 2.98. The largest absolute Gasteiger partial charge is 0.496 e. The van der Waals surface area contributed by atoms with Crippen molar-refractivity contribution in [2.24, 2.45) is 11.7 Å². The lowest BCUT2D eigenvalue weighted by Gasteiger charge is -2.24. The number of pyridine rings is 1. The van der Waals surface area contributed by atoms with E-state index in [2.05, 4.69) is 25.8 Å². The highest BCUT2D eigenvalue weighted by Crippen LogP contribution is 2.26. The second-order valence-corrected chi connectivity index (χ2v) is 5.75. The first-order chi connectivity index (χ1) is 9.54. The Hall–Kier alpha value is -1.09. The smallest absolute Gasteiger partial charge is 0.128 e. The molecule has 2 N–H and O–H groups in total. The predicted molar refractivity (Wildman–Crippen MR) is 85.2 cm³/mol. The first-order valence-electron chi connectivity index (χ1n) is 7.79. The van der Waals surface area contributed by atoms with Crippen LogP contribution in [-0.4, -0.2) is 18.1 Å². The zero-order valence-electron chi connectivity index (χ0n) is 13.7. The first kappa shape index (κ1) is 17.0. The molecule has 1 aromatic rings. The number of ether oxygens (including phenoxy) is 1. The van der Waals surface area contributed by atoms with Crippen LogP contribution < -0.4 is 10.5 Å². The van der Waals surface area contributed by atoms with Crippen LogP contribution in [0.3, 0.4) is 0 Å². The summed E-state index contributed by atoms with van der Waals surface area (Å²) in [6.45, 7) is 8.57. The summed E-state index contributed by atoms with van der Waals surface area (Å²) in [6, 6.07) is 0.188. The molecule has 0 fully saturated rings. The van der Waals surface area contributed by atoms with Gasteiger partial charge in [-0.2, -0.15) is 0 Å². The molecule has 0 saturated heterocycles. The van der Waals surface area contributed by atoms with Crippen molar-refractivity contribution in [1.82, 2.24) is 4.98 Å². The third kappa shape index (κ3) is 4.20. The van der Waals surface area contributed by atoms with Crippen molar-refractivity contribution in [3.63, 3.8) is 0 Å². The topological polar surface area (TPSA) is 48.1 Å². The summed E-state index contributed by atoms with van der Waals surface area (Å²) >= 11 is 0. The second-order valence-electron chi connectivity index (χ2n) is 5.75. The number of hydrogen-bond acceptors (Lipinski definition) is 3. The highest BCUT2D eigenvalue weighted by Gasteiger charge is 2.19. The number of nitrogens with zero attached hydrogens (tertiary/aromatic N) is 1. The lowest BCUT2D eigenvalue weighted by molar-refractivity contribution is 0.356. The molecule has 0 spiro atoms. The minimum atomic E-state index is 0.188. The normalized spacial score (nSPS) is 12.8. The molecule has 3 heteroatoms. The molecule has 0 aliphatic heterocycles. The highest BCUT2D eigenvalue weighted by atomic mass is 16.5. The minimum Gasteiger partial charge on any atom is -0.496 e. The van der Waals surface area contributed by atoms with Crippen molar-refractivity contribution in [1.29, 1.82) is 0 Å². The summed E-state index contributed by atoms with van der Waals surface area (Å²) in [5.74, 6) is 1.54. The maximum absolute atomic E-state index is 6.44. The van der Waals surface area contributed by atoms with Crippen molar-refractivity contribution in [2.75, 3.05) is 7.11 Å². The standard InChI is InChI=1S/C17H30N2O/c1-6-8-14(9-7-2)15(18)10-16-13(4)17(20-5)12(3)11-19-16/h11,14-15H,6-10,18H2,1-5H3. The van der Waals surface area contributed by atoms with Crippen LogP contribution in [0.1, 0.15) is 56.4 Å². The third-order valence-corrected chi connectivity index (χ3v) is 4.10.